The highest BCUT2D eigenvalue weighted by atomic mass is 19.3. The van der Waals surface area contributed by atoms with Crippen molar-refractivity contribution >= 4 is 17.9 Å². The second-order valence-corrected chi connectivity index (χ2v) is 6.35. The van der Waals surface area contributed by atoms with Gasteiger partial charge in [-0.25, -0.2) is 0 Å². The third-order valence-corrected chi connectivity index (χ3v) is 4.41. The summed E-state index contributed by atoms with van der Waals surface area (Å²) in [6.07, 6.45) is 4.70. The van der Waals surface area contributed by atoms with Gasteiger partial charge in [0.15, 0.2) is 5.78 Å². The van der Waals surface area contributed by atoms with E-state index in [4.69, 9.17) is 0 Å². The number of ether oxygens (including phenoxy) is 2. The maximum atomic E-state index is 12.9. The number of para-hydroxylation sites is 2. The van der Waals surface area contributed by atoms with Crippen LogP contribution >= 0.6 is 0 Å². The first-order valence-electron chi connectivity index (χ1n) is 8.97. The molecule has 0 saturated heterocycles. The number of carbonyl (C=O) groups excluding carboxylic acids is 1. The van der Waals surface area contributed by atoms with Gasteiger partial charge in [0.05, 0.1) is 0 Å². The first-order chi connectivity index (χ1) is 13.9. The lowest BCUT2D eigenvalue weighted by Gasteiger charge is -2.18. The molecule has 0 spiro atoms. The van der Waals surface area contributed by atoms with Crippen molar-refractivity contribution in [3.63, 3.8) is 0 Å². The first-order valence-corrected chi connectivity index (χ1v) is 8.97. The molecule has 0 N–H and O–H groups in total. The molecule has 2 aromatic rings. The number of hydrogen-bond acceptors (Lipinski definition) is 3. The molecule has 29 heavy (non-hydrogen) atoms. The van der Waals surface area contributed by atoms with Crippen LogP contribution in [-0.2, 0) is 4.79 Å². The lowest BCUT2D eigenvalue weighted by Crippen LogP contribution is -2.13. The van der Waals surface area contributed by atoms with Gasteiger partial charge in [0.25, 0.3) is 0 Å². The van der Waals surface area contributed by atoms with Gasteiger partial charge in [-0.1, -0.05) is 36.4 Å². The first kappa shape index (κ1) is 20.6. The van der Waals surface area contributed by atoms with Crippen LogP contribution in [0, 0.1) is 0 Å². The molecule has 1 aliphatic rings. The average molecular weight is 406 g/mol. The van der Waals surface area contributed by atoms with E-state index in [2.05, 4.69) is 9.47 Å². The van der Waals surface area contributed by atoms with Crippen LogP contribution in [0.2, 0.25) is 0 Å². The molecule has 1 fully saturated rings. The van der Waals surface area contributed by atoms with E-state index in [1.54, 1.807) is 36.4 Å². The number of allylic oxidation sites excluding steroid dienone is 2. The number of hydrogen-bond donors (Lipinski definition) is 0. The predicted octanol–water partition coefficient (Wildman–Crippen LogP) is 6.11. The largest absolute Gasteiger partial charge is 0.434 e. The van der Waals surface area contributed by atoms with E-state index in [1.807, 2.05) is 0 Å². The molecule has 1 aliphatic carbocycles. The molecule has 1 saturated carbocycles. The fourth-order valence-electron chi connectivity index (χ4n) is 3.16. The Morgan fingerprint density at radius 2 is 1.14 bits per heavy atom. The molecule has 2 aromatic carbocycles. The van der Waals surface area contributed by atoms with Crippen LogP contribution in [-0.4, -0.2) is 19.0 Å². The molecule has 0 atom stereocenters. The summed E-state index contributed by atoms with van der Waals surface area (Å²) in [6.45, 7) is -5.95. The van der Waals surface area contributed by atoms with Crippen LogP contribution in [0.15, 0.2) is 59.7 Å². The average Bonchev–Trinajstić information content (AvgIpc) is 2.67. The molecule has 0 bridgehead atoms. The molecule has 0 aliphatic heterocycles. The molecular formula is C22H18F4O3. The molecule has 0 unspecified atom stereocenters. The highest BCUT2D eigenvalue weighted by Gasteiger charge is 2.22. The van der Waals surface area contributed by atoms with Crippen molar-refractivity contribution < 1.29 is 31.8 Å². The number of ketones is 1. The van der Waals surface area contributed by atoms with Gasteiger partial charge >= 0.3 is 13.2 Å². The van der Waals surface area contributed by atoms with Crippen molar-refractivity contribution in [3.8, 4) is 11.5 Å². The summed E-state index contributed by atoms with van der Waals surface area (Å²) >= 11 is 0. The monoisotopic (exact) mass is 406 g/mol. The molecular weight excluding hydrogens is 388 g/mol. The third kappa shape index (κ3) is 5.47. The van der Waals surface area contributed by atoms with Crippen LogP contribution in [0.3, 0.4) is 0 Å². The highest BCUT2D eigenvalue weighted by molar-refractivity contribution is 6.14. The van der Waals surface area contributed by atoms with Crippen LogP contribution in [0.4, 0.5) is 17.6 Å². The second-order valence-electron chi connectivity index (χ2n) is 6.35. The molecule has 7 heteroatoms. The van der Waals surface area contributed by atoms with Crippen molar-refractivity contribution in [2.24, 2.45) is 0 Å². The highest BCUT2D eigenvalue weighted by Crippen LogP contribution is 2.32. The Morgan fingerprint density at radius 3 is 1.55 bits per heavy atom. The van der Waals surface area contributed by atoms with Gasteiger partial charge in [0.1, 0.15) is 11.5 Å². The summed E-state index contributed by atoms with van der Waals surface area (Å²) in [5, 5.41) is 0. The number of rotatable bonds is 6. The predicted molar refractivity (Wildman–Crippen MR) is 101 cm³/mol. The lowest BCUT2D eigenvalue weighted by atomic mass is 9.86. The summed E-state index contributed by atoms with van der Waals surface area (Å²) in [4.78, 5) is 12.9. The molecule has 0 heterocycles. The maximum Gasteiger partial charge on any atom is 0.387 e. The minimum atomic E-state index is -2.97. The van der Waals surface area contributed by atoms with E-state index in [9.17, 15) is 22.4 Å². The van der Waals surface area contributed by atoms with Gasteiger partial charge in [-0.2, -0.15) is 17.6 Å². The third-order valence-electron chi connectivity index (χ3n) is 4.41. The van der Waals surface area contributed by atoms with Gasteiger partial charge in [-0.15, -0.1) is 0 Å². The summed E-state index contributed by atoms with van der Waals surface area (Å²) in [5.41, 5.74) is 1.64. The Balaban J connectivity index is 1.90. The Kier molecular flexibility index (Phi) is 6.69. The van der Waals surface area contributed by atoms with Gasteiger partial charge < -0.3 is 9.47 Å². The van der Waals surface area contributed by atoms with Gasteiger partial charge in [-0.3, -0.25) is 4.79 Å². The smallest absolute Gasteiger partial charge is 0.387 e. The number of halogens is 4. The van der Waals surface area contributed by atoms with Crippen LogP contribution in [0.5, 0.6) is 11.5 Å². The van der Waals surface area contributed by atoms with Crippen molar-refractivity contribution in [1.82, 2.24) is 0 Å². The van der Waals surface area contributed by atoms with E-state index in [-0.39, 0.29) is 17.3 Å². The number of Topliss-reactive ketones (excluding diaryl/α,β-unsaturated/α-hetero) is 1. The maximum absolute atomic E-state index is 12.9. The Bertz CT molecular complexity index is 862. The van der Waals surface area contributed by atoms with Crippen molar-refractivity contribution in [2.45, 2.75) is 32.5 Å². The van der Waals surface area contributed by atoms with Gasteiger partial charge in [0.2, 0.25) is 0 Å². The SMILES string of the molecule is O=C1/C(=C/c2ccccc2OC(F)F)CCC/C1=C\c1ccccc1OC(F)F. The zero-order valence-electron chi connectivity index (χ0n) is 15.3. The Hall–Kier alpha value is -3.09. The van der Waals surface area contributed by atoms with E-state index in [0.29, 0.717) is 41.5 Å². The van der Waals surface area contributed by atoms with Crippen molar-refractivity contribution in [1.29, 1.82) is 0 Å². The van der Waals surface area contributed by atoms with Crippen LogP contribution < -0.4 is 9.47 Å². The topological polar surface area (TPSA) is 35.5 Å². The number of carbonyl (C=O) groups is 1. The second kappa shape index (κ2) is 9.41. The van der Waals surface area contributed by atoms with Gasteiger partial charge in [-0.05, 0) is 43.5 Å². The standard InChI is InChI=1S/C22H18F4O3/c23-21(24)28-18-10-3-1-6-14(18)12-16-8-5-9-17(20(16)27)13-15-7-2-4-11-19(15)29-22(25)26/h1-4,6-7,10-13,21-22H,5,8-9H2/b16-12+,17-13+. The Labute approximate surface area is 165 Å². The minimum Gasteiger partial charge on any atom is -0.434 e. The van der Waals surface area contributed by atoms with Crippen molar-refractivity contribution in [3.05, 3.63) is 70.8 Å². The molecule has 3 nitrogen and oxygen atoms in total. The fourth-order valence-corrected chi connectivity index (χ4v) is 3.16. The van der Waals surface area contributed by atoms with Crippen LogP contribution in [0.1, 0.15) is 30.4 Å². The molecule has 152 valence electrons. The summed E-state index contributed by atoms with van der Waals surface area (Å²) < 4.78 is 59.4. The quantitative estimate of drug-likeness (QED) is 0.429. The van der Waals surface area contributed by atoms with E-state index < -0.39 is 13.2 Å². The molecule has 0 radical (unpaired) electrons. The summed E-state index contributed by atoms with van der Waals surface area (Å²) in [6, 6.07) is 12.4. The number of alkyl halides is 4. The zero-order valence-corrected chi connectivity index (χ0v) is 15.3. The summed E-state index contributed by atoms with van der Waals surface area (Å²) in [5.74, 6) is -0.292. The number of benzene rings is 2. The van der Waals surface area contributed by atoms with E-state index >= 15 is 0 Å². The fraction of sp³-hybridized carbons (Fsp3) is 0.227. The summed E-state index contributed by atoms with van der Waals surface area (Å²) in [7, 11) is 0. The van der Waals surface area contributed by atoms with Gasteiger partial charge in [0, 0.05) is 22.3 Å². The normalized spacial score (nSPS) is 17.4. The van der Waals surface area contributed by atoms with E-state index in [0.717, 1.165) is 0 Å². The van der Waals surface area contributed by atoms with Crippen molar-refractivity contribution in [2.75, 3.05) is 0 Å². The molecule has 3 rings (SSSR count). The lowest BCUT2D eigenvalue weighted by molar-refractivity contribution is -0.112. The van der Waals surface area contributed by atoms with Crippen LogP contribution in [0.25, 0.3) is 12.2 Å². The van der Waals surface area contributed by atoms with E-state index in [1.165, 1.54) is 24.3 Å². The molecule has 0 aromatic heterocycles. The zero-order chi connectivity index (χ0) is 20.8. The molecule has 0 amide bonds. The Morgan fingerprint density at radius 1 is 0.724 bits per heavy atom. The minimum absolute atomic E-state index is 0.0189.